The molecule has 1 heterocycles. The zero-order valence-corrected chi connectivity index (χ0v) is 9.41. The largest absolute Gasteiger partial charge is 0.343 e. The van der Waals surface area contributed by atoms with Gasteiger partial charge in [-0.2, -0.15) is 4.98 Å². The number of anilines is 2. The summed E-state index contributed by atoms with van der Waals surface area (Å²) in [5.41, 5.74) is 0. The van der Waals surface area contributed by atoms with E-state index in [1.165, 1.54) is 0 Å². The Labute approximate surface area is 85.1 Å². The van der Waals surface area contributed by atoms with Gasteiger partial charge in [-0.15, -0.1) is 5.10 Å². The average Bonchev–Trinajstić information content (AvgIpc) is 2.68. The van der Waals surface area contributed by atoms with Gasteiger partial charge in [-0.05, 0) is 20.8 Å². The second-order valence-corrected chi connectivity index (χ2v) is 3.15. The number of H-pyrrole nitrogens is 1. The molecule has 0 radical (unpaired) electrons. The Balaban J connectivity index is 2.76. The van der Waals surface area contributed by atoms with Gasteiger partial charge in [0.05, 0.1) is 0 Å². The highest BCUT2D eigenvalue weighted by Gasteiger charge is 2.09. The van der Waals surface area contributed by atoms with Crippen LogP contribution in [0, 0.1) is 0 Å². The van der Waals surface area contributed by atoms with Crippen molar-refractivity contribution in [3.8, 4) is 0 Å². The third-order valence-electron chi connectivity index (χ3n) is 2.34. The summed E-state index contributed by atoms with van der Waals surface area (Å²) in [6, 6.07) is 0. The first-order valence-corrected chi connectivity index (χ1v) is 5.11. The highest BCUT2D eigenvalue weighted by atomic mass is 15.4. The van der Waals surface area contributed by atoms with Crippen LogP contribution in [0.15, 0.2) is 0 Å². The first-order chi connectivity index (χ1) is 6.72. The smallest absolute Gasteiger partial charge is 0.246 e. The lowest BCUT2D eigenvalue weighted by Crippen LogP contribution is -2.23. The van der Waals surface area contributed by atoms with Crippen molar-refractivity contribution in [1.82, 2.24) is 15.2 Å². The van der Waals surface area contributed by atoms with E-state index in [9.17, 15) is 0 Å². The van der Waals surface area contributed by atoms with Crippen molar-refractivity contribution in [1.29, 1.82) is 0 Å². The highest BCUT2D eigenvalue weighted by Crippen LogP contribution is 2.11. The third-order valence-corrected chi connectivity index (χ3v) is 2.34. The van der Waals surface area contributed by atoms with Gasteiger partial charge in [0.15, 0.2) is 0 Å². The SMILES string of the molecule is CCN(C)c1n[nH]c(N(CC)CC)n1. The van der Waals surface area contributed by atoms with Gasteiger partial charge in [0.2, 0.25) is 11.9 Å². The van der Waals surface area contributed by atoms with Crippen molar-refractivity contribution in [2.45, 2.75) is 20.8 Å². The second kappa shape index (κ2) is 4.83. The van der Waals surface area contributed by atoms with Crippen molar-refractivity contribution in [2.75, 3.05) is 36.5 Å². The molecule has 5 heteroatoms. The molecule has 0 aliphatic heterocycles. The molecule has 0 spiro atoms. The van der Waals surface area contributed by atoms with Crippen molar-refractivity contribution in [3.05, 3.63) is 0 Å². The van der Waals surface area contributed by atoms with Gasteiger partial charge in [0, 0.05) is 26.7 Å². The maximum absolute atomic E-state index is 4.41. The van der Waals surface area contributed by atoms with Crippen LogP contribution in [0.5, 0.6) is 0 Å². The number of nitrogens with zero attached hydrogens (tertiary/aromatic N) is 4. The molecule has 0 fully saturated rings. The van der Waals surface area contributed by atoms with Crippen LogP contribution in [-0.2, 0) is 0 Å². The molecule has 0 aliphatic rings. The molecule has 5 nitrogen and oxygen atoms in total. The van der Waals surface area contributed by atoms with Crippen LogP contribution in [0.25, 0.3) is 0 Å². The summed E-state index contributed by atoms with van der Waals surface area (Å²) in [6.07, 6.45) is 0. The van der Waals surface area contributed by atoms with Crippen LogP contribution in [0.1, 0.15) is 20.8 Å². The number of rotatable bonds is 5. The lowest BCUT2D eigenvalue weighted by atomic mass is 10.5. The van der Waals surface area contributed by atoms with E-state index >= 15 is 0 Å². The van der Waals surface area contributed by atoms with Crippen molar-refractivity contribution in [2.24, 2.45) is 0 Å². The molecule has 1 rings (SSSR count). The fourth-order valence-electron chi connectivity index (χ4n) is 1.22. The first-order valence-electron chi connectivity index (χ1n) is 5.11. The molecule has 80 valence electrons. The normalized spacial score (nSPS) is 10.3. The topological polar surface area (TPSA) is 48.1 Å². The maximum Gasteiger partial charge on any atom is 0.246 e. The van der Waals surface area contributed by atoms with E-state index in [-0.39, 0.29) is 0 Å². The number of nitrogens with one attached hydrogen (secondary N) is 1. The maximum atomic E-state index is 4.41. The molecule has 0 atom stereocenters. The van der Waals surface area contributed by atoms with Gasteiger partial charge in [-0.25, -0.2) is 5.10 Å². The Morgan fingerprint density at radius 3 is 2.29 bits per heavy atom. The summed E-state index contributed by atoms with van der Waals surface area (Å²) in [4.78, 5) is 8.55. The van der Waals surface area contributed by atoms with Crippen molar-refractivity contribution in [3.63, 3.8) is 0 Å². The van der Waals surface area contributed by atoms with E-state index in [0.717, 1.165) is 31.5 Å². The van der Waals surface area contributed by atoms with Crippen LogP contribution in [-0.4, -0.2) is 41.9 Å². The molecule has 0 amide bonds. The van der Waals surface area contributed by atoms with E-state index in [4.69, 9.17) is 0 Å². The zero-order chi connectivity index (χ0) is 10.6. The van der Waals surface area contributed by atoms with Gasteiger partial charge in [0.25, 0.3) is 0 Å². The number of hydrogen-bond donors (Lipinski definition) is 1. The predicted octanol–water partition coefficient (Wildman–Crippen LogP) is 1.11. The zero-order valence-electron chi connectivity index (χ0n) is 9.41. The molecule has 1 aromatic heterocycles. The fourth-order valence-corrected chi connectivity index (χ4v) is 1.22. The van der Waals surface area contributed by atoms with E-state index < -0.39 is 0 Å². The first kappa shape index (κ1) is 10.8. The number of hydrogen-bond acceptors (Lipinski definition) is 4. The summed E-state index contributed by atoms with van der Waals surface area (Å²) in [5, 5.41) is 7.10. The van der Waals surface area contributed by atoms with Crippen LogP contribution >= 0.6 is 0 Å². The van der Waals surface area contributed by atoms with Crippen molar-refractivity contribution < 1.29 is 0 Å². The van der Waals surface area contributed by atoms with Crippen LogP contribution in [0.4, 0.5) is 11.9 Å². The van der Waals surface area contributed by atoms with Gasteiger partial charge in [0.1, 0.15) is 0 Å². The Morgan fingerprint density at radius 1 is 1.14 bits per heavy atom. The van der Waals surface area contributed by atoms with E-state index in [1.54, 1.807) is 0 Å². The molecular weight excluding hydrogens is 178 g/mol. The lowest BCUT2D eigenvalue weighted by Gasteiger charge is -2.16. The minimum absolute atomic E-state index is 0.759. The van der Waals surface area contributed by atoms with Crippen LogP contribution < -0.4 is 9.80 Å². The average molecular weight is 197 g/mol. The van der Waals surface area contributed by atoms with Crippen LogP contribution in [0.3, 0.4) is 0 Å². The fraction of sp³-hybridized carbons (Fsp3) is 0.778. The van der Waals surface area contributed by atoms with E-state index in [0.29, 0.717) is 0 Å². The molecular formula is C9H19N5. The Morgan fingerprint density at radius 2 is 1.79 bits per heavy atom. The minimum atomic E-state index is 0.759. The summed E-state index contributed by atoms with van der Waals surface area (Å²) < 4.78 is 0. The quantitative estimate of drug-likeness (QED) is 0.768. The number of aromatic amines is 1. The second-order valence-electron chi connectivity index (χ2n) is 3.15. The Bertz CT molecular complexity index is 266. The summed E-state index contributed by atoms with van der Waals surface area (Å²) >= 11 is 0. The summed E-state index contributed by atoms with van der Waals surface area (Å²) in [6.45, 7) is 9.09. The van der Waals surface area contributed by atoms with Gasteiger partial charge in [-0.3, -0.25) is 0 Å². The van der Waals surface area contributed by atoms with E-state index in [1.807, 2.05) is 11.9 Å². The molecule has 1 N–H and O–H groups in total. The minimum Gasteiger partial charge on any atom is -0.343 e. The van der Waals surface area contributed by atoms with E-state index in [2.05, 4.69) is 40.9 Å². The lowest BCUT2D eigenvalue weighted by molar-refractivity contribution is 0.824. The molecule has 0 aromatic carbocycles. The standard InChI is InChI=1S/C9H19N5/c1-5-13(4)8-10-9(12-11-8)14(6-2)7-3/h5-7H2,1-4H3,(H,10,11,12). The molecule has 1 aromatic rings. The van der Waals surface area contributed by atoms with Crippen LogP contribution in [0.2, 0.25) is 0 Å². The molecule has 0 saturated carbocycles. The molecule has 0 unspecified atom stereocenters. The summed E-state index contributed by atoms with van der Waals surface area (Å²) in [5.74, 6) is 1.61. The molecule has 0 saturated heterocycles. The molecule has 14 heavy (non-hydrogen) atoms. The third kappa shape index (κ3) is 2.16. The monoisotopic (exact) mass is 197 g/mol. The summed E-state index contributed by atoms with van der Waals surface area (Å²) in [7, 11) is 1.98. The predicted molar refractivity (Wildman–Crippen MR) is 58.9 cm³/mol. The van der Waals surface area contributed by atoms with Gasteiger partial charge >= 0.3 is 0 Å². The Kier molecular flexibility index (Phi) is 3.73. The molecule has 0 aliphatic carbocycles. The molecule has 0 bridgehead atoms. The van der Waals surface area contributed by atoms with Crippen molar-refractivity contribution >= 4 is 11.9 Å². The van der Waals surface area contributed by atoms with Gasteiger partial charge in [-0.1, -0.05) is 0 Å². The van der Waals surface area contributed by atoms with Gasteiger partial charge < -0.3 is 9.80 Å². The highest BCUT2D eigenvalue weighted by molar-refractivity contribution is 5.37. The Hall–Kier alpha value is -1.26. The number of aromatic nitrogens is 3.